The fourth-order valence-corrected chi connectivity index (χ4v) is 1.78. The molecule has 0 spiro atoms. The third-order valence-corrected chi connectivity index (χ3v) is 3.00. The molecule has 90 valence electrons. The summed E-state index contributed by atoms with van der Waals surface area (Å²) in [6, 6.07) is 7.73. The number of nitrogens with two attached hydrogens (primary N) is 1. The minimum absolute atomic E-state index is 0.104. The number of hydrogen-bond donors (Lipinski definition) is 1. The van der Waals surface area contributed by atoms with Gasteiger partial charge in [-0.3, -0.25) is 4.79 Å². The van der Waals surface area contributed by atoms with Crippen LogP contribution < -0.4 is 5.73 Å². The van der Waals surface area contributed by atoms with Gasteiger partial charge in [-0.15, -0.1) is 0 Å². The largest absolute Gasteiger partial charge is 0.399 e. The Morgan fingerprint density at radius 3 is 2.88 bits per heavy atom. The first-order valence-corrected chi connectivity index (χ1v) is 5.70. The smallest absolute Gasteiger partial charge is 0.242 e. The molecular formula is C13H17N3O. The highest BCUT2D eigenvalue weighted by Crippen LogP contribution is 2.18. The number of likely N-dealkylation sites (N-methyl/N-ethyl adjacent to an activating group) is 1. The van der Waals surface area contributed by atoms with Gasteiger partial charge in [0.15, 0.2) is 0 Å². The topological polar surface area (TPSA) is 51.3 Å². The van der Waals surface area contributed by atoms with Crippen LogP contribution in [0.5, 0.6) is 0 Å². The molecule has 2 rings (SSSR count). The van der Waals surface area contributed by atoms with Crippen LogP contribution in [0.15, 0.2) is 30.5 Å². The predicted octanol–water partition coefficient (Wildman–Crippen LogP) is 1.70. The summed E-state index contributed by atoms with van der Waals surface area (Å²) in [6.45, 7) is 3.04. The fourth-order valence-electron chi connectivity index (χ4n) is 1.78. The van der Waals surface area contributed by atoms with Gasteiger partial charge >= 0.3 is 0 Å². The number of carbonyl (C=O) groups is 1. The van der Waals surface area contributed by atoms with Crippen LogP contribution >= 0.6 is 0 Å². The Morgan fingerprint density at radius 2 is 2.18 bits per heavy atom. The first-order chi connectivity index (χ1) is 8.11. The Kier molecular flexibility index (Phi) is 3.04. The molecule has 0 radical (unpaired) electrons. The summed E-state index contributed by atoms with van der Waals surface area (Å²) in [7, 11) is 1.81. The summed E-state index contributed by atoms with van der Waals surface area (Å²) in [5, 5.41) is 1.10. The standard InChI is InChI=1S/C13H17N3O/c1-3-15(2)13(17)9-16-7-6-10-4-5-11(14)8-12(10)16/h4-8H,3,9,14H2,1-2H3. The summed E-state index contributed by atoms with van der Waals surface area (Å²) < 4.78 is 1.93. The van der Waals surface area contributed by atoms with Gasteiger partial charge in [0.05, 0.1) is 5.52 Å². The second kappa shape index (κ2) is 4.49. The lowest BCUT2D eigenvalue weighted by atomic mass is 10.2. The minimum atomic E-state index is 0.104. The quantitative estimate of drug-likeness (QED) is 0.817. The van der Waals surface area contributed by atoms with Crippen LogP contribution in [-0.2, 0) is 11.3 Å². The van der Waals surface area contributed by atoms with Crippen molar-refractivity contribution in [3.05, 3.63) is 30.5 Å². The van der Waals surface area contributed by atoms with Crippen molar-refractivity contribution in [3.8, 4) is 0 Å². The lowest BCUT2D eigenvalue weighted by Crippen LogP contribution is -2.29. The van der Waals surface area contributed by atoms with Gasteiger partial charge in [0, 0.05) is 25.5 Å². The Balaban J connectivity index is 2.30. The number of carbonyl (C=O) groups excluding carboxylic acids is 1. The molecule has 0 bridgehead atoms. The van der Waals surface area contributed by atoms with Crippen LogP contribution in [-0.4, -0.2) is 29.0 Å². The molecule has 0 fully saturated rings. The van der Waals surface area contributed by atoms with Gasteiger partial charge in [0.1, 0.15) is 6.54 Å². The first-order valence-electron chi connectivity index (χ1n) is 5.70. The van der Waals surface area contributed by atoms with E-state index in [4.69, 9.17) is 5.73 Å². The maximum absolute atomic E-state index is 11.8. The number of nitrogens with zero attached hydrogens (tertiary/aromatic N) is 2. The number of aromatic nitrogens is 1. The van der Waals surface area contributed by atoms with Crippen molar-refractivity contribution in [1.82, 2.24) is 9.47 Å². The molecule has 2 aromatic rings. The molecule has 2 N–H and O–H groups in total. The third-order valence-electron chi connectivity index (χ3n) is 3.00. The zero-order chi connectivity index (χ0) is 12.4. The Bertz CT molecular complexity index is 545. The van der Waals surface area contributed by atoms with Crippen molar-refractivity contribution in [3.63, 3.8) is 0 Å². The van der Waals surface area contributed by atoms with E-state index in [0.29, 0.717) is 12.2 Å². The molecule has 0 atom stereocenters. The molecule has 1 aromatic carbocycles. The second-order valence-corrected chi connectivity index (χ2v) is 4.17. The van der Waals surface area contributed by atoms with Crippen molar-refractivity contribution in [1.29, 1.82) is 0 Å². The van der Waals surface area contributed by atoms with E-state index in [0.717, 1.165) is 17.4 Å². The SMILES string of the molecule is CCN(C)C(=O)Cn1ccc2ccc(N)cc21. The van der Waals surface area contributed by atoms with Gasteiger partial charge in [-0.05, 0) is 30.5 Å². The third kappa shape index (κ3) is 2.25. The average Bonchev–Trinajstić information content (AvgIpc) is 2.71. The van der Waals surface area contributed by atoms with Crippen molar-refractivity contribution in [2.24, 2.45) is 0 Å². The van der Waals surface area contributed by atoms with Crippen LogP contribution in [0.3, 0.4) is 0 Å². The molecule has 1 amide bonds. The summed E-state index contributed by atoms with van der Waals surface area (Å²) >= 11 is 0. The first kappa shape index (κ1) is 11.5. The van der Waals surface area contributed by atoms with Crippen LogP contribution in [0.1, 0.15) is 6.92 Å². The Hall–Kier alpha value is -1.97. The molecule has 4 heteroatoms. The molecule has 0 unspecified atom stereocenters. The maximum Gasteiger partial charge on any atom is 0.242 e. The Morgan fingerprint density at radius 1 is 1.41 bits per heavy atom. The highest BCUT2D eigenvalue weighted by molar-refractivity contribution is 5.85. The molecule has 0 aliphatic heterocycles. The van der Waals surface area contributed by atoms with Gasteiger partial charge in [-0.2, -0.15) is 0 Å². The lowest BCUT2D eigenvalue weighted by Gasteiger charge is -2.15. The number of fused-ring (bicyclic) bond motifs is 1. The van der Waals surface area contributed by atoms with Crippen LogP contribution in [0.25, 0.3) is 10.9 Å². The van der Waals surface area contributed by atoms with E-state index in [-0.39, 0.29) is 5.91 Å². The monoisotopic (exact) mass is 231 g/mol. The zero-order valence-corrected chi connectivity index (χ0v) is 10.2. The van der Waals surface area contributed by atoms with Crippen LogP contribution in [0, 0.1) is 0 Å². The maximum atomic E-state index is 11.8. The normalized spacial score (nSPS) is 10.7. The van der Waals surface area contributed by atoms with Crippen molar-refractivity contribution >= 4 is 22.5 Å². The predicted molar refractivity (Wildman–Crippen MR) is 69.7 cm³/mol. The molecule has 1 aromatic heterocycles. The van der Waals surface area contributed by atoms with Crippen molar-refractivity contribution < 1.29 is 4.79 Å². The van der Waals surface area contributed by atoms with Crippen LogP contribution in [0.2, 0.25) is 0 Å². The van der Waals surface area contributed by atoms with Gasteiger partial charge in [0.25, 0.3) is 0 Å². The van der Waals surface area contributed by atoms with Gasteiger partial charge in [-0.25, -0.2) is 0 Å². The summed E-state index contributed by atoms with van der Waals surface area (Å²) in [5.74, 6) is 0.104. The number of rotatable bonds is 3. The second-order valence-electron chi connectivity index (χ2n) is 4.17. The van der Waals surface area contributed by atoms with Gasteiger partial charge in [-0.1, -0.05) is 6.07 Å². The zero-order valence-electron chi connectivity index (χ0n) is 10.2. The minimum Gasteiger partial charge on any atom is -0.399 e. The molecule has 0 aliphatic rings. The number of hydrogen-bond acceptors (Lipinski definition) is 2. The number of anilines is 1. The van der Waals surface area contributed by atoms with Gasteiger partial charge in [0.2, 0.25) is 5.91 Å². The number of amides is 1. The average molecular weight is 231 g/mol. The Labute approximate surface area is 101 Å². The van der Waals surface area contributed by atoms with Crippen LogP contribution in [0.4, 0.5) is 5.69 Å². The molecule has 0 aliphatic carbocycles. The lowest BCUT2D eigenvalue weighted by molar-refractivity contribution is -0.130. The molecule has 4 nitrogen and oxygen atoms in total. The molecule has 0 saturated heterocycles. The molecule has 0 saturated carbocycles. The highest BCUT2D eigenvalue weighted by Gasteiger charge is 2.09. The molecule has 1 heterocycles. The molecular weight excluding hydrogens is 214 g/mol. The summed E-state index contributed by atoms with van der Waals surface area (Å²) in [4.78, 5) is 13.6. The number of nitrogen functional groups attached to an aromatic ring is 1. The van der Waals surface area contributed by atoms with E-state index in [1.54, 1.807) is 4.90 Å². The van der Waals surface area contributed by atoms with E-state index >= 15 is 0 Å². The van der Waals surface area contributed by atoms with Crippen molar-refractivity contribution in [2.75, 3.05) is 19.3 Å². The summed E-state index contributed by atoms with van der Waals surface area (Å²) in [5.41, 5.74) is 7.48. The summed E-state index contributed by atoms with van der Waals surface area (Å²) in [6.07, 6.45) is 1.92. The van der Waals surface area contributed by atoms with E-state index in [2.05, 4.69) is 0 Å². The highest BCUT2D eigenvalue weighted by atomic mass is 16.2. The van der Waals surface area contributed by atoms with E-state index < -0.39 is 0 Å². The van der Waals surface area contributed by atoms with Gasteiger partial charge < -0.3 is 15.2 Å². The van der Waals surface area contributed by atoms with E-state index in [1.165, 1.54) is 0 Å². The van der Waals surface area contributed by atoms with E-state index in [1.807, 2.05) is 49.0 Å². The van der Waals surface area contributed by atoms with Crippen molar-refractivity contribution in [2.45, 2.75) is 13.5 Å². The molecule has 17 heavy (non-hydrogen) atoms. The fraction of sp³-hybridized carbons (Fsp3) is 0.308. The van der Waals surface area contributed by atoms with E-state index in [9.17, 15) is 4.79 Å². The number of benzene rings is 1.